The number of guanidine groups is 1. The lowest BCUT2D eigenvalue weighted by molar-refractivity contribution is -0.117. The number of amides is 1. The predicted molar refractivity (Wildman–Crippen MR) is 119 cm³/mol. The van der Waals surface area contributed by atoms with Crippen LogP contribution in [-0.4, -0.2) is 59.4 Å². The summed E-state index contributed by atoms with van der Waals surface area (Å²) in [5.74, 6) is 2.39. The van der Waals surface area contributed by atoms with Crippen LogP contribution in [0.5, 0.6) is 0 Å². The number of ether oxygens (including phenoxy) is 1. The zero-order chi connectivity index (χ0) is 21.6. The highest BCUT2D eigenvalue weighted by Gasteiger charge is 2.24. The molecular formula is C22H31N7O2. The Balaban J connectivity index is 1.39. The molecule has 31 heavy (non-hydrogen) atoms. The van der Waals surface area contributed by atoms with Crippen LogP contribution in [0.15, 0.2) is 29.3 Å². The van der Waals surface area contributed by atoms with E-state index in [2.05, 4.69) is 31.8 Å². The van der Waals surface area contributed by atoms with E-state index in [4.69, 9.17) is 4.74 Å². The molecule has 1 unspecified atom stereocenters. The molecule has 1 aromatic carbocycles. The van der Waals surface area contributed by atoms with Gasteiger partial charge in [-0.15, -0.1) is 0 Å². The fraction of sp³-hybridized carbons (Fsp3) is 0.545. The molecule has 3 heterocycles. The highest BCUT2D eigenvalue weighted by molar-refractivity contribution is 5.97. The van der Waals surface area contributed by atoms with E-state index in [1.165, 1.54) is 5.56 Å². The lowest BCUT2D eigenvalue weighted by Crippen LogP contribution is -2.47. The van der Waals surface area contributed by atoms with E-state index < -0.39 is 0 Å². The monoisotopic (exact) mass is 425 g/mol. The van der Waals surface area contributed by atoms with Gasteiger partial charge < -0.3 is 20.3 Å². The molecule has 2 aliphatic heterocycles. The zero-order valence-electron chi connectivity index (χ0n) is 18.3. The van der Waals surface area contributed by atoms with Gasteiger partial charge in [-0.1, -0.05) is 18.2 Å². The Labute approximate surface area is 182 Å². The highest BCUT2D eigenvalue weighted by atomic mass is 16.5. The number of carbonyl (C=O) groups excluding carboxylic acids is 1. The van der Waals surface area contributed by atoms with E-state index in [0.717, 1.165) is 50.3 Å². The minimum atomic E-state index is 0.0239. The number of hydrogen-bond acceptors (Lipinski definition) is 5. The number of aryl methyl sites for hydroxylation is 2. The molecule has 0 aliphatic carbocycles. The van der Waals surface area contributed by atoms with Crippen LogP contribution >= 0.6 is 0 Å². The van der Waals surface area contributed by atoms with E-state index in [-0.39, 0.29) is 18.5 Å². The maximum atomic E-state index is 12.9. The molecule has 0 bridgehead atoms. The molecule has 1 atom stereocenters. The summed E-state index contributed by atoms with van der Waals surface area (Å²) in [7, 11) is 1.65. The van der Waals surface area contributed by atoms with Gasteiger partial charge in [0.1, 0.15) is 19.0 Å². The van der Waals surface area contributed by atoms with E-state index >= 15 is 0 Å². The van der Waals surface area contributed by atoms with Crippen molar-refractivity contribution >= 4 is 17.6 Å². The normalized spacial score (nSPS) is 18.3. The number of nitrogens with one attached hydrogen (secondary N) is 2. The van der Waals surface area contributed by atoms with Gasteiger partial charge in [-0.05, 0) is 37.8 Å². The van der Waals surface area contributed by atoms with Crippen molar-refractivity contribution in [2.24, 2.45) is 4.99 Å². The van der Waals surface area contributed by atoms with Gasteiger partial charge in [-0.25, -0.2) is 14.7 Å². The van der Waals surface area contributed by atoms with Crippen LogP contribution in [-0.2, 0) is 35.5 Å². The molecule has 9 nitrogen and oxygen atoms in total. The van der Waals surface area contributed by atoms with Gasteiger partial charge in [-0.2, -0.15) is 5.10 Å². The Bertz CT molecular complexity index is 940. The zero-order valence-corrected chi connectivity index (χ0v) is 18.3. The standard InChI is InChI=1S/C22H31N7O2/c1-3-23-22(25-17-10-11-20-26-19(15-31-2)27-29(20)14-17)24-13-21(30)28-12-6-8-16-7-4-5-9-18(16)28/h4-5,7,9,17H,3,6,8,10-15H2,1-2H3,(H2,23,24,25). The van der Waals surface area contributed by atoms with Crippen molar-refractivity contribution in [3.63, 3.8) is 0 Å². The van der Waals surface area contributed by atoms with Crippen LogP contribution in [0.2, 0.25) is 0 Å². The number of aliphatic imine (C=N–C) groups is 1. The summed E-state index contributed by atoms with van der Waals surface area (Å²) in [6.07, 6.45) is 3.78. The largest absolute Gasteiger partial charge is 0.377 e. The van der Waals surface area contributed by atoms with Gasteiger partial charge in [0.15, 0.2) is 11.8 Å². The number of rotatable bonds is 6. The quantitative estimate of drug-likeness (QED) is 0.535. The number of aromatic nitrogens is 3. The summed E-state index contributed by atoms with van der Waals surface area (Å²) in [5, 5.41) is 11.2. The van der Waals surface area contributed by atoms with Crippen LogP contribution in [0.4, 0.5) is 5.69 Å². The van der Waals surface area contributed by atoms with Crippen molar-refractivity contribution in [2.75, 3.05) is 31.6 Å². The van der Waals surface area contributed by atoms with Crippen molar-refractivity contribution in [1.29, 1.82) is 0 Å². The van der Waals surface area contributed by atoms with E-state index in [0.29, 0.717) is 24.9 Å². The van der Waals surface area contributed by atoms with Gasteiger partial charge in [-0.3, -0.25) is 4.79 Å². The molecule has 2 aromatic rings. The average Bonchev–Trinajstić information content (AvgIpc) is 3.19. The van der Waals surface area contributed by atoms with Crippen molar-refractivity contribution in [1.82, 2.24) is 25.4 Å². The summed E-state index contributed by atoms with van der Waals surface area (Å²) in [6.45, 7) is 4.74. The molecule has 0 radical (unpaired) electrons. The Morgan fingerprint density at radius 2 is 2.19 bits per heavy atom. The number of methoxy groups -OCH3 is 1. The van der Waals surface area contributed by atoms with Crippen LogP contribution in [0, 0.1) is 0 Å². The van der Waals surface area contributed by atoms with Crippen LogP contribution in [0.25, 0.3) is 0 Å². The number of para-hydroxylation sites is 1. The summed E-state index contributed by atoms with van der Waals surface area (Å²) in [4.78, 5) is 23.9. The van der Waals surface area contributed by atoms with Gasteiger partial charge in [0.2, 0.25) is 5.91 Å². The maximum absolute atomic E-state index is 12.9. The number of carbonyl (C=O) groups is 1. The topological polar surface area (TPSA) is 96.7 Å². The molecule has 2 aliphatic rings. The fourth-order valence-electron chi connectivity index (χ4n) is 4.21. The lowest BCUT2D eigenvalue weighted by atomic mass is 10.0. The summed E-state index contributed by atoms with van der Waals surface area (Å²) < 4.78 is 7.08. The third kappa shape index (κ3) is 5.04. The molecule has 0 saturated carbocycles. The molecule has 1 aromatic heterocycles. The van der Waals surface area contributed by atoms with Crippen molar-refractivity contribution in [3.8, 4) is 0 Å². The number of fused-ring (bicyclic) bond motifs is 2. The maximum Gasteiger partial charge on any atom is 0.248 e. The van der Waals surface area contributed by atoms with E-state index in [1.54, 1.807) is 7.11 Å². The van der Waals surface area contributed by atoms with Gasteiger partial charge in [0, 0.05) is 38.3 Å². The van der Waals surface area contributed by atoms with Crippen LogP contribution in [0.1, 0.15) is 37.0 Å². The number of benzene rings is 1. The minimum Gasteiger partial charge on any atom is -0.377 e. The molecular weight excluding hydrogens is 394 g/mol. The minimum absolute atomic E-state index is 0.0239. The second-order valence-corrected chi connectivity index (χ2v) is 7.91. The molecule has 1 amide bonds. The molecule has 2 N–H and O–H groups in total. The third-order valence-corrected chi connectivity index (χ3v) is 5.64. The second kappa shape index (κ2) is 9.91. The lowest BCUT2D eigenvalue weighted by Gasteiger charge is -2.29. The van der Waals surface area contributed by atoms with Crippen molar-refractivity contribution < 1.29 is 9.53 Å². The van der Waals surface area contributed by atoms with Gasteiger partial charge in [0.05, 0.1) is 6.54 Å². The second-order valence-electron chi connectivity index (χ2n) is 7.91. The molecule has 0 spiro atoms. The molecule has 166 valence electrons. The van der Waals surface area contributed by atoms with E-state index in [1.807, 2.05) is 34.7 Å². The van der Waals surface area contributed by atoms with Crippen molar-refractivity contribution in [3.05, 3.63) is 41.5 Å². The van der Waals surface area contributed by atoms with Gasteiger partial charge in [0.25, 0.3) is 0 Å². The van der Waals surface area contributed by atoms with E-state index in [9.17, 15) is 4.79 Å². The average molecular weight is 426 g/mol. The van der Waals surface area contributed by atoms with Crippen LogP contribution in [0.3, 0.4) is 0 Å². The first kappa shape index (κ1) is 21.3. The van der Waals surface area contributed by atoms with Crippen LogP contribution < -0.4 is 15.5 Å². The first-order valence-corrected chi connectivity index (χ1v) is 11.0. The Kier molecular flexibility index (Phi) is 6.81. The van der Waals surface area contributed by atoms with Gasteiger partial charge >= 0.3 is 0 Å². The first-order chi connectivity index (χ1) is 15.2. The fourth-order valence-corrected chi connectivity index (χ4v) is 4.21. The predicted octanol–water partition coefficient (Wildman–Crippen LogP) is 1.27. The summed E-state index contributed by atoms with van der Waals surface area (Å²) in [6, 6.07) is 8.31. The third-order valence-electron chi connectivity index (χ3n) is 5.64. The highest BCUT2D eigenvalue weighted by Crippen LogP contribution is 2.26. The number of anilines is 1. The Hall–Kier alpha value is -2.94. The molecule has 0 saturated heterocycles. The van der Waals surface area contributed by atoms with Crippen molar-refractivity contribution in [2.45, 2.75) is 51.8 Å². The molecule has 9 heteroatoms. The summed E-state index contributed by atoms with van der Waals surface area (Å²) in [5.41, 5.74) is 2.25. The SMILES string of the molecule is CCNC(=NCC(=O)N1CCCc2ccccc21)NC1CCc2nc(COC)nn2C1. The number of nitrogens with zero attached hydrogens (tertiary/aromatic N) is 5. The first-order valence-electron chi connectivity index (χ1n) is 11.0. The Morgan fingerprint density at radius 3 is 3.03 bits per heavy atom. The molecule has 4 rings (SSSR count). The number of hydrogen-bond donors (Lipinski definition) is 2. The molecule has 0 fully saturated rings. The Morgan fingerprint density at radius 1 is 1.32 bits per heavy atom. The smallest absolute Gasteiger partial charge is 0.248 e. The summed E-state index contributed by atoms with van der Waals surface area (Å²) >= 11 is 0.